The van der Waals surface area contributed by atoms with Gasteiger partial charge in [-0.3, -0.25) is 10.1 Å². The van der Waals surface area contributed by atoms with Crippen LogP contribution >= 0.6 is 11.3 Å². The van der Waals surface area contributed by atoms with Crippen LogP contribution < -0.4 is 5.32 Å². The summed E-state index contributed by atoms with van der Waals surface area (Å²) in [6.07, 6.45) is 6.18. The van der Waals surface area contributed by atoms with E-state index in [4.69, 9.17) is 9.84 Å². The number of rotatable bonds is 14. The van der Waals surface area contributed by atoms with Crippen LogP contribution in [0.3, 0.4) is 0 Å². The van der Waals surface area contributed by atoms with E-state index in [2.05, 4.69) is 22.0 Å². The van der Waals surface area contributed by atoms with Crippen molar-refractivity contribution in [3.8, 4) is 11.3 Å². The number of hydrogen-bond donors (Lipinski definition) is 2. The molecule has 7 nitrogen and oxygen atoms in total. The summed E-state index contributed by atoms with van der Waals surface area (Å²) < 4.78 is 54.3. The number of nitrogens with one attached hydrogen (secondary N) is 1. The number of carbonyl (C=O) groups excluding carboxylic acids is 1. The second kappa shape index (κ2) is 14.5. The molecule has 0 radical (unpaired) electrons. The average molecular weight is 563 g/mol. The summed E-state index contributed by atoms with van der Waals surface area (Å²) in [5.74, 6) is -5.82. The van der Waals surface area contributed by atoms with Crippen LogP contribution in [0.25, 0.3) is 17.3 Å². The largest absolute Gasteiger partial charge is 0.490 e. The van der Waals surface area contributed by atoms with Crippen molar-refractivity contribution in [1.29, 1.82) is 0 Å². The highest BCUT2D eigenvalue weighted by Gasteiger charge is 2.19. The topological polar surface area (TPSA) is 97.8 Å². The fourth-order valence-corrected chi connectivity index (χ4v) is 4.40. The fraction of sp³-hybridized carbons (Fsp3) is 0.321. The van der Waals surface area contributed by atoms with E-state index in [0.717, 1.165) is 56.3 Å². The Labute approximate surface area is 228 Å². The number of halogens is 3. The molecule has 0 bridgehead atoms. The van der Waals surface area contributed by atoms with Gasteiger partial charge in [-0.25, -0.2) is 22.9 Å². The summed E-state index contributed by atoms with van der Waals surface area (Å²) in [5, 5.41) is 13.1. The van der Waals surface area contributed by atoms with Crippen molar-refractivity contribution in [2.24, 2.45) is 0 Å². The Hall–Kier alpha value is -3.70. The van der Waals surface area contributed by atoms with Crippen LogP contribution in [0, 0.1) is 17.5 Å². The maximum absolute atomic E-state index is 15.1. The third-order valence-corrected chi connectivity index (χ3v) is 6.53. The summed E-state index contributed by atoms with van der Waals surface area (Å²) in [6.45, 7) is 2.82. The minimum absolute atomic E-state index is 0.0977. The predicted octanol–water partition coefficient (Wildman–Crippen LogP) is 7.04. The molecular weight excluding hydrogens is 533 g/mol. The number of hydrogen-bond acceptors (Lipinski definition) is 6. The third kappa shape index (κ3) is 8.14. The van der Waals surface area contributed by atoms with Crippen molar-refractivity contribution >= 4 is 34.4 Å². The molecule has 11 heteroatoms. The van der Waals surface area contributed by atoms with Crippen molar-refractivity contribution in [3.63, 3.8) is 0 Å². The van der Waals surface area contributed by atoms with Crippen LogP contribution in [0.1, 0.15) is 60.5 Å². The molecule has 0 aliphatic heterocycles. The summed E-state index contributed by atoms with van der Waals surface area (Å²) in [7, 11) is 1.05. The molecular formula is C28H29F3N2O5S. The standard InChI is InChI=1S/C28H29F3N2O5S/c1-3-4-5-6-7-11-38-15-17-9-8-10-19(25(17)31)23-16-39-28(32-23)33-26(34)18-12-21(29)20(22(30)13-18)14-24(37-2)27(35)36/h8-10,12-14,16H,3-7,11,15H2,1-2H3,(H,35,36)(H,32,33,34)/b24-14+. The van der Waals surface area contributed by atoms with Gasteiger partial charge in [0.05, 0.1) is 19.4 Å². The van der Waals surface area contributed by atoms with Gasteiger partial charge in [-0.2, -0.15) is 0 Å². The second-order valence-electron chi connectivity index (χ2n) is 8.61. The molecule has 0 saturated heterocycles. The van der Waals surface area contributed by atoms with Gasteiger partial charge in [0.15, 0.2) is 5.13 Å². The quantitative estimate of drug-likeness (QED) is 0.124. The SMILES string of the molecule is CCCCCCCOCc1cccc(-c2csc(NC(=O)c3cc(F)c(/C=C(/OC)C(=O)O)c(F)c3)n2)c1F. The van der Waals surface area contributed by atoms with E-state index in [-0.39, 0.29) is 28.6 Å². The van der Waals surface area contributed by atoms with Crippen molar-refractivity contribution in [2.45, 2.75) is 45.6 Å². The number of benzene rings is 2. The highest BCUT2D eigenvalue weighted by Crippen LogP contribution is 2.29. The van der Waals surface area contributed by atoms with Crippen LogP contribution in [-0.4, -0.2) is 35.7 Å². The number of thiazole rings is 1. The predicted molar refractivity (Wildman–Crippen MR) is 143 cm³/mol. The molecule has 3 rings (SSSR count). The molecule has 2 aromatic carbocycles. The highest BCUT2D eigenvalue weighted by atomic mass is 32.1. The first-order valence-electron chi connectivity index (χ1n) is 12.4. The number of anilines is 1. The van der Waals surface area contributed by atoms with E-state index in [9.17, 15) is 18.4 Å². The second-order valence-corrected chi connectivity index (χ2v) is 9.47. The molecule has 0 aliphatic rings. The van der Waals surface area contributed by atoms with Gasteiger partial charge in [-0.05, 0) is 24.6 Å². The molecule has 3 aromatic rings. The van der Waals surface area contributed by atoms with Gasteiger partial charge in [-0.15, -0.1) is 11.3 Å². The van der Waals surface area contributed by atoms with Gasteiger partial charge in [-0.1, -0.05) is 44.7 Å². The van der Waals surface area contributed by atoms with Crippen molar-refractivity contribution < 1.29 is 37.3 Å². The number of methoxy groups -OCH3 is 1. The molecule has 1 heterocycles. The molecule has 0 atom stereocenters. The number of carbonyl (C=O) groups is 2. The Morgan fingerprint density at radius 1 is 1.10 bits per heavy atom. The fourth-order valence-electron chi connectivity index (χ4n) is 3.70. The van der Waals surface area contributed by atoms with E-state index >= 15 is 4.39 Å². The lowest BCUT2D eigenvalue weighted by molar-refractivity contribution is -0.135. The zero-order valence-corrected chi connectivity index (χ0v) is 22.4. The van der Waals surface area contributed by atoms with Crippen molar-refractivity contribution in [2.75, 3.05) is 19.0 Å². The lowest BCUT2D eigenvalue weighted by Crippen LogP contribution is -2.13. The van der Waals surface area contributed by atoms with Gasteiger partial charge < -0.3 is 14.6 Å². The molecule has 1 aromatic heterocycles. The Balaban J connectivity index is 1.67. The number of aliphatic carboxylic acids is 1. The first-order valence-corrected chi connectivity index (χ1v) is 13.2. The zero-order valence-electron chi connectivity index (χ0n) is 21.6. The molecule has 0 unspecified atom stereocenters. The molecule has 2 N–H and O–H groups in total. The van der Waals surface area contributed by atoms with E-state index in [0.29, 0.717) is 18.2 Å². The normalized spacial score (nSPS) is 11.5. The Morgan fingerprint density at radius 3 is 2.49 bits per heavy atom. The smallest absolute Gasteiger partial charge is 0.371 e. The Bertz CT molecular complexity index is 1320. The number of nitrogens with zero attached hydrogens (tertiary/aromatic N) is 1. The van der Waals surface area contributed by atoms with Crippen LogP contribution in [0.2, 0.25) is 0 Å². The summed E-state index contributed by atoms with van der Waals surface area (Å²) >= 11 is 1.02. The van der Waals surface area contributed by atoms with Crippen LogP contribution in [0.5, 0.6) is 0 Å². The first kappa shape index (κ1) is 29.9. The summed E-state index contributed by atoms with van der Waals surface area (Å²) in [6, 6.07) is 6.42. The van der Waals surface area contributed by atoms with E-state index in [1.165, 1.54) is 6.42 Å². The number of unbranched alkanes of at least 4 members (excludes halogenated alkanes) is 4. The van der Waals surface area contributed by atoms with E-state index in [1.54, 1.807) is 23.6 Å². The van der Waals surface area contributed by atoms with Crippen LogP contribution in [0.4, 0.5) is 18.3 Å². The number of amides is 1. The third-order valence-electron chi connectivity index (χ3n) is 5.78. The molecule has 208 valence electrons. The minimum Gasteiger partial charge on any atom is -0.490 e. The molecule has 0 aliphatic carbocycles. The molecule has 1 amide bonds. The molecule has 0 spiro atoms. The van der Waals surface area contributed by atoms with Gasteiger partial charge in [0.25, 0.3) is 5.91 Å². The van der Waals surface area contributed by atoms with Gasteiger partial charge in [0, 0.05) is 40.3 Å². The molecule has 0 fully saturated rings. The average Bonchev–Trinajstić information content (AvgIpc) is 3.36. The van der Waals surface area contributed by atoms with Crippen molar-refractivity contribution in [1.82, 2.24) is 4.98 Å². The maximum atomic E-state index is 15.1. The van der Waals surface area contributed by atoms with Gasteiger partial charge in [0.1, 0.15) is 17.5 Å². The van der Waals surface area contributed by atoms with E-state index in [1.807, 2.05) is 0 Å². The lowest BCUT2D eigenvalue weighted by atomic mass is 10.1. The number of carboxylic acid groups (broad SMARTS) is 1. The Kier molecular flexibility index (Phi) is 11.1. The van der Waals surface area contributed by atoms with Gasteiger partial charge in [0.2, 0.25) is 5.76 Å². The monoisotopic (exact) mass is 562 g/mol. The summed E-state index contributed by atoms with van der Waals surface area (Å²) in [5.41, 5.74) is -0.116. The maximum Gasteiger partial charge on any atom is 0.371 e. The number of ether oxygens (including phenoxy) is 2. The van der Waals surface area contributed by atoms with Crippen molar-refractivity contribution in [3.05, 3.63) is 75.6 Å². The summed E-state index contributed by atoms with van der Waals surface area (Å²) in [4.78, 5) is 27.9. The molecule has 0 saturated carbocycles. The zero-order chi connectivity index (χ0) is 28.4. The van der Waals surface area contributed by atoms with Crippen LogP contribution in [-0.2, 0) is 20.9 Å². The Morgan fingerprint density at radius 2 is 1.82 bits per heavy atom. The van der Waals surface area contributed by atoms with E-state index < -0.39 is 40.7 Å². The lowest BCUT2D eigenvalue weighted by Gasteiger charge is -2.08. The molecule has 39 heavy (non-hydrogen) atoms. The van der Waals surface area contributed by atoms with Crippen LogP contribution in [0.15, 0.2) is 41.5 Å². The first-order chi connectivity index (χ1) is 18.7. The minimum atomic E-state index is -1.51. The highest BCUT2D eigenvalue weighted by molar-refractivity contribution is 7.14. The number of carboxylic acids is 1. The van der Waals surface area contributed by atoms with Gasteiger partial charge >= 0.3 is 5.97 Å². The number of aromatic nitrogens is 1.